The molecule has 23 heavy (non-hydrogen) atoms. The molecule has 0 saturated heterocycles. The van der Waals surface area contributed by atoms with Crippen LogP contribution in [0, 0.1) is 6.57 Å². The van der Waals surface area contributed by atoms with Gasteiger partial charge in [0.25, 0.3) is 5.56 Å². The van der Waals surface area contributed by atoms with Crippen LogP contribution < -0.4 is 5.56 Å². The summed E-state index contributed by atoms with van der Waals surface area (Å²) in [6.07, 6.45) is 1.22. The van der Waals surface area contributed by atoms with Gasteiger partial charge in [-0.15, -0.1) is 0 Å². The number of hydrogen-bond acceptors (Lipinski definition) is 2. The van der Waals surface area contributed by atoms with Crippen LogP contribution in [0.2, 0.25) is 0 Å². The van der Waals surface area contributed by atoms with Crippen molar-refractivity contribution in [3.63, 3.8) is 0 Å². The van der Waals surface area contributed by atoms with Gasteiger partial charge in [0.15, 0.2) is 5.69 Å². The van der Waals surface area contributed by atoms with Gasteiger partial charge in [-0.1, -0.05) is 48.5 Å². The minimum absolute atomic E-state index is 0.102. The number of nitrogens with one attached hydrogen (secondary N) is 1. The van der Waals surface area contributed by atoms with Gasteiger partial charge in [-0.2, -0.15) is 0 Å². The number of benzene rings is 2. The highest BCUT2D eigenvalue weighted by Crippen LogP contribution is 2.35. The quantitative estimate of drug-likeness (QED) is 0.576. The molecule has 1 aromatic heterocycles. The number of aromatic amines is 1. The number of H-pyrrole nitrogens is 1. The van der Waals surface area contributed by atoms with E-state index < -0.39 is 0 Å². The minimum Gasteiger partial charge on any atom is -0.310 e. The van der Waals surface area contributed by atoms with E-state index >= 15 is 0 Å². The third kappa shape index (κ3) is 2.33. The summed E-state index contributed by atoms with van der Waals surface area (Å²) in [5, 5.41) is 0. The molecule has 0 spiro atoms. The molecule has 4 heteroatoms. The molecular weight excluding hydrogens is 286 g/mol. The fraction of sp³-hybridized carbons (Fsp3) is 0.105. The van der Waals surface area contributed by atoms with E-state index in [0.29, 0.717) is 29.9 Å². The van der Waals surface area contributed by atoms with Crippen molar-refractivity contribution in [2.45, 2.75) is 12.8 Å². The normalized spacial score (nSPS) is 11.6. The molecule has 0 radical (unpaired) electrons. The smallest absolute Gasteiger partial charge is 0.259 e. The van der Waals surface area contributed by atoms with E-state index in [1.54, 1.807) is 6.07 Å². The molecule has 0 atom stereocenters. The molecule has 1 heterocycles. The van der Waals surface area contributed by atoms with Gasteiger partial charge in [0, 0.05) is 12.8 Å². The minimum atomic E-state index is -0.102. The monoisotopic (exact) mass is 299 g/mol. The zero-order chi connectivity index (χ0) is 15.8. The topological polar surface area (TPSA) is 50.1 Å². The van der Waals surface area contributed by atoms with E-state index in [4.69, 9.17) is 6.57 Å². The van der Waals surface area contributed by atoms with Gasteiger partial charge in [-0.25, -0.2) is 9.83 Å². The molecule has 0 bridgehead atoms. The zero-order valence-corrected chi connectivity index (χ0v) is 12.3. The number of fused-ring (bicyclic) bond motifs is 3. The zero-order valence-electron chi connectivity index (χ0n) is 12.3. The summed E-state index contributed by atoms with van der Waals surface area (Å²) in [5.74, 6) is 0.679. The Balaban J connectivity index is 1.76. The summed E-state index contributed by atoms with van der Waals surface area (Å²) < 4.78 is 0. The Morgan fingerprint density at radius 1 is 1.17 bits per heavy atom. The second-order valence-corrected chi connectivity index (χ2v) is 5.63. The predicted molar refractivity (Wildman–Crippen MR) is 88.6 cm³/mol. The third-order valence-corrected chi connectivity index (χ3v) is 4.10. The lowest BCUT2D eigenvalue weighted by Crippen LogP contribution is -2.15. The highest BCUT2D eigenvalue weighted by atomic mass is 16.1. The summed E-state index contributed by atoms with van der Waals surface area (Å²) in [6.45, 7) is 7.11. The first kappa shape index (κ1) is 13.5. The van der Waals surface area contributed by atoms with Crippen molar-refractivity contribution in [3.05, 3.63) is 92.9 Å². The molecule has 0 aliphatic heterocycles. The van der Waals surface area contributed by atoms with E-state index in [-0.39, 0.29) is 5.56 Å². The number of nitrogens with zero attached hydrogens (tertiary/aromatic N) is 2. The largest absolute Gasteiger partial charge is 0.310 e. The van der Waals surface area contributed by atoms with Crippen molar-refractivity contribution in [2.75, 3.05) is 0 Å². The lowest BCUT2D eigenvalue weighted by atomic mass is 10.1. The standard InChI is InChI=1S/C19H13N3O/c1-20-14-7-8-15-13(10-14)11-16-18(15)19(23)22-17(21-16)9-12-5-3-2-4-6-12/h2-8,10H,9,11H2,(H,21,22,23). The SMILES string of the molecule is [C-]#[N+]c1ccc2c(c1)Cc1nc(Cc3ccccc3)[nH]c(=O)c1-2. The molecule has 0 fully saturated rings. The Hall–Kier alpha value is -3.19. The summed E-state index contributed by atoms with van der Waals surface area (Å²) >= 11 is 0. The molecule has 0 saturated carbocycles. The van der Waals surface area contributed by atoms with Crippen LogP contribution >= 0.6 is 0 Å². The van der Waals surface area contributed by atoms with Crippen LogP contribution in [0.15, 0.2) is 53.3 Å². The van der Waals surface area contributed by atoms with Crippen molar-refractivity contribution in [1.82, 2.24) is 9.97 Å². The second-order valence-electron chi connectivity index (χ2n) is 5.63. The van der Waals surface area contributed by atoms with Crippen LogP contribution in [0.4, 0.5) is 5.69 Å². The lowest BCUT2D eigenvalue weighted by Gasteiger charge is -2.04. The van der Waals surface area contributed by atoms with E-state index in [1.807, 2.05) is 42.5 Å². The maximum absolute atomic E-state index is 12.5. The molecule has 4 rings (SSSR count). The van der Waals surface area contributed by atoms with Crippen molar-refractivity contribution >= 4 is 5.69 Å². The first-order chi connectivity index (χ1) is 11.2. The average molecular weight is 299 g/mol. The van der Waals surface area contributed by atoms with Gasteiger partial charge in [0.2, 0.25) is 0 Å². The maximum atomic E-state index is 12.5. The van der Waals surface area contributed by atoms with Crippen LogP contribution in [0.5, 0.6) is 0 Å². The van der Waals surface area contributed by atoms with E-state index in [0.717, 1.165) is 22.4 Å². The molecule has 1 aliphatic rings. The van der Waals surface area contributed by atoms with Crippen LogP contribution in [0.1, 0.15) is 22.6 Å². The van der Waals surface area contributed by atoms with Crippen molar-refractivity contribution < 1.29 is 0 Å². The lowest BCUT2D eigenvalue weighted by molar-refractivity contribution is 0.916. The fourth-order valence-electron chi connectivity index (χ4n) is 3.07. The summed E-state index contributed by atoms with van der Waals surface area (Å²) in [7, 11) is 0. The Labute approximate surface area is 133 Å². The fourth-order valence-corrected chi connectivity index (χ4v) is 3.07. The van der Waals surface area contributed by atoms with Crippen LogP contribution in [-0.4, -0.2) is 9.97 Å². The van der Waals surface area contributed by atoms with Gasteiger partial charge in [0.1, 0.15) is 5.82 Å². The van der Waals surface area contributed by atoms with Crippen LogP contribution in [0.3, 0.4) is 0 Å². The van der Waals surface area contributed by atoms with E-state index in [9.17, 15) is 4.79 Å². The molecule has 0 amide bonds. The number of hydrogen-bond donors (Lipinski definition) is 1. The number of aromatic nitrogens is 2. The van der Waals surface area contributed by atoms with Gasteiger partial charge >= 0.3 is 0 Å². The average Bonchev–Trinajstić information content (AvgIpc) is 2.93. The first-order valence-electron chi connectivity index (χ1n) is 7.41. The van der Waals surface area contributed by atoms with E-state index in [1.165, 1.54) is 0 Å². The Kier molecular flexibility index (Phi) is 3.06. The van der Waals surface area contributed by atoms with Gasteiger partial charge in [-0.05, 0) is 16.7 Å². The first-order valence-corrected chi connectivity index (χ1v) is 7.41. The molecule has 1 aliphatic carbocycles. The maximum Gasteiger partial charge on any atom is 0.259 e. The summed E-state index contributed by atoms with van der Waals surface area (Å²) in [6, 6.07) is 15.4. The van der Waals surface area contributed by atoms with Crippen molar-refractivity contribution in [1.29, 1.82) is 0 Å². The molecule has 110 valence electrons. The van der Waals surface area contributed by atoms with Gasteiger partial charge in [-0.3, -0.25) is 4.79 Å². The van der Waals surface area contributed by atoms with Crippen molar-refractivity contribution in [2.24, 2.45) is 0 Å². The molecule has 0 unspecified atom stereocenters. The molecule has 4 nitrogen and oxygen atoms in total. The highest BCUT2D eigenvalue weighted by molar-refractivity contribution is 5.76. The van der Waals surface area contributed by atoms with E-state index in [2.05, 4.69) is 14.8 Å². The number of rotatable bonds is 2. The van der Waals surface area contributed by atoms with Crippen LogP contribution in [0.25, 0.3) is 16.0 Å². The predicted octanol–water partition coefficient (Wildman–Crippen LogP) is 3.48. The van der Waals surface area contributed by atoms with Crippen LogP contribution in [-0.2, 0) is 12.8 Å². The Bertz CT molecular complexity index is 997. The third-order valence-electron chi connectivity index (χ3n) is 4.10. The molecular formula is C19H13N3O. The summed E-state index contributed by atoms with van der Waals surface area (Å²) in [4.78, 5) is 23.5. The molecule has 2 aromatic carbocycles. The Morgan fingerprint density at radius 2 is 2.00 bits per heavy atom. The molecule has 1 N–H and O–H groups in total. The van der Waals surface area contributed by atoms with Gasteiger partial charge < -0.3 is 4.98 Å². The highest BCUT2D eigenvalue weighted by Gasteiger charge is 2.23. The Morgan fingerprint density at radius 3 is 2.78 bits per heavy atom. The van der Waals surface area contributed by atoms with Crippen molar-refractivity contribution in [3.8, 4) is 11.1 Å². The summed E-state index contributed by atoms with van der Waals surface area (Å²) in [5.41, 5.74) is 4.95. The second kappa shape index (κ2) is 5.22. The molecule has 3 aromatic rings. The van der Waals surface area contributed by atoms with Gasteiger partial charge in [0.05, 0.1) is 17.8 Å².